The van der Waals surface area contributed by atoms with Crippen molar-refractivity contribution < 1.29 is 46.5 Å². The van der Waals surface area contributed by atoms with Crippen LogP contribution in [0.15, 0.2) is 40.6 Å². The third-order valence-corrected chi connectivity index (χ3v) is 13.6. The molecule has 1 radical (unpaired) electrons. The van der Waals surface area contributed by atoms with Crippen LogP contribution in [-0.4, -0.2) is 18.2 Å². The molecule has 0 aliphatic heterocycles. The molecule has 0 aromatic heterocycles. The normalized spacial score (nSPS) is 21.9. The zero-order valence-corrected chi connectivity index (χ0v) is 24.7. The van der Waals surface area contributed by atoms with Crippen LogP contribution < -0.4 is 24.8 Å². The molecule has 0 saturated carbocycles. The third-order valence-electron chi connectivity index (χ3n) is 5.95. The first-order valence-electron chi connectivity index (χ1n) is 10.2. The molecular weight excluding hydrogens is 467 g/mol. The summed E-state index contributed by atoms with van der Waals surface area (Å²) >= 11 is 2.24. The van der Waals surface area contributed by atoms with Gasteiger partial charge in [0.25, 0.3) is 0 Å². The fourth-order valence-corrected chi connectivity index (χ4v) is 10.9. The monoisotopic (exact) mass is 505 g/mol. The van der Waals surface area contributed by atoms with E-state index in [9.17, 15) is 0 Å². The van der Waals surface area contributed by atoms with Gasteiger partial charge in [-0.05, 0) is 35.0 Å². The van der Waals surface area contributed by atoms with Crippen LogP contribution in [-0.2, 0) is 21.7 Å². The van der Waals surface area contributed by atoms with Crippen LogP contribution in [0.5, 0.6) is 0 Å². The number of halogens is 2. The molecule has 0 aromatic rings. The summed E-state index contributed by atoms with van der Waals surface area (Å²) in [6, 6.07) is 0. The van der Waals surface area contributed by atoms with Gasteiger partial charge < -0.3 is 24.8 Å². The molecule has 0 amide bonds. The van der Waals surface area contributed by atoms with Gasteiger partial charge in [0.1, 0.15) is 0 Å². The maximum atomic E-state index is 3.71. The Hall–Kier alpha value is 0.821. The van der Waals surface area contributed by atoms with Crippen molar-refractivity contribution in [1.29, 1.82) is 0 Å². The van der Waals surface area contributed by atoms with Gasteiger partial charge in [0.2, 0.25) is 0 Å². The van der Waals surface area contributed by atoms with Crippen LogP contribution in [0.3, 0.4) is 0 Å². The average Bonchev–Trinajstić information content (AvgIpc) is 3.05. The van der Waals surface area contributed by atoms with Gasteiger partial charge in [0.05, 0.1) is 8.07 Å². The first-order valence-corrected chi connectivity index (χ1v) is 14.2. The maximum Gasteiger partial charge on any atom is 3.00 e. The van der Waals surface area contributed by atoms with Crippen molar-refractivity contribution in [2.24, 2.45) is 10.8 Å². The minimum atomic E-state index is -1.75. The molecule has 0 saturated heterocycles. The summed E-state index contributed by atoms with van der Waals surface area (Å²) in [5.41, 5.74) is 3.57. The molecule has 0 N–H and O–H groups in total. The Bertz CT molecular complexity index is 663. The van der Waals surface area contributed by atoms with Crippen LogP contribution in [0.2, 0.25) is 13.1 Å². The van der Waals surface area contributed by atoms with Crippen molar-refractivity contribution in [2.75, 3.05) is 5.75 Å². The van der Waals surface area contributed by atoms with Crippen LogP contribution in [0.1, 0.15) is 67.7 Å². The van der Waals surface area contributed by atoms with Gasteiger partial charge in [-0.3, -0.25) is 6.08 Å². The largest absolute Gasteiger partial charge is 3.00 e. The molecule has 0 fully saturated rings. The second-order valence-corrected chi connectivity index (χ2v) is 16.8. The molecule has 5 heteroatoms. The molecule has 0 aromatic carbocycles. The SMILES string of the molecule is CCCSC1([Si](C)(C)C2=[C-]CC=C2)CC=C(C(C)(C)C)C=C1C(C)(C)C.[Cl-].[Cl-].[Ti+3]. The van der Waals surface area contributed by atoms with Gasteiger partial charge in [-0.15, -0.1) is 6.42 Å². The topological polar surface area (TPSA) is 0 Å². The minimum Gasteiger partial charge on any atom is -1.00 e. The molecule has 0 bridgehead atoms. The maximum absolute atomic E-state index is 3.71. The smallest absolute Gasteiger partial charge is 1.00 e. The van der Waals surface area contributed by atoms with Gasteiger partial charge in [-0.2, -0.15) is 17.8 Å². The summed E-state index contributed by atoms with van der Waals surface area (Å²) < 4.78 is 0.229. The van der Waals surface area contributed by atoms with Crippen molar-refractivity contribution in [2.45, 2.75) is 85.2 Å². The van der Waals surface area contributed by atoms with E-state index in [-0.39, 0.29) is 61.7 Å². The molecule has 1 unspecified atom stereocenters. The van der Waals surface area contributed by atoms with Gasteiger partial charge in [0.15, 0.2) is 0 Å². The first-order chi connectivity index (χ1) is 11.9. The number of allylic oxidation sites excluding steroid dienone is 7. The molecule has 29 heavy (non-hydrogen) atoms. The zero-order chi connectivity index (χ0) is 19.8. The Morgan fingerprint density at radius 3 is 2.07 bits per heavy atom. The van der Waals surface area contributed by atoms with E-state index in [4.69, 9.17) is 0 Å². The van der Waals surface area contributed by atoms with E-state index in [0.29, 0.717) is 0 Å². The quantitative estimate of drug-likeness (QED) is 0.404. The van der Waals surface area contributed by atoms with E-state index in [1.165, 1.54) is 29.4 Å². The summed E-state index contributed by atoms with van der Waals surface area (Å²) in [5.74, 6) is 1.24. The summed E-state index contributed by atoms with van der Waals surface area (Å²) in [6.07, 6.45) is 16.9. The van der Waals surface area contributed by atoms with E-state index >= 15 is 0 Å². The number of rotatable bonds is 5. The van der Waals surface area contributed by atoms with E-state index < -0.39 is 8.07 Å². The molecule has 2 aliphatic rings. The van der Waals surface area contributed by atoms with E-state index in [1.54, 1.807) is 5.57 Å². The Morgan fingerprint density at radius 1 is 1.07 bits per heavy atom. The standard InChI is InChI=1S/C24H39SSi.2ClH.Ti/c1-10-17-25-24(26(8,9)20-13-11-12-14-20)16-15-19(22(2,3)4)18-21(24)23(5,6)7;;;/h11,13,15,18H,10,12,16-17H2,1-9H3;2*1H;/q-1;;;+3/p-2. The summed E-state index contributed by atoms with van der Waals surface area (Å²) in [5, 5.41) is 1.53. The van der Waals surface area contributed by atoms with Gasteiger partial charge >= 0.3 is 21.7 Å². The summed E-state index contributed by atoms with van der Waals surface area (Å²) in [6.45, 7) is 21.8. The Balaban J connectivity index is 0. The van der Waals surface area contributed by atoms with Crippen LogP contribution in [0, 0.1) is 16.9 Å². The Labute approximate surface area is 213 Å². The molecular formula is C24H39Cl2SSiTi. The third kappa shape index (κ3) is 6.65. The zero-order valence-electron chi connectivity index (χ0n) is 19.8. The van der Waals surface area contributed by atoms with Crippen molar-refractivity contribution in [3.8, 4) is 0 Å². The molecule has 0 spiro atoms. The van der Waals surface area contributed by atoms with Crippen molar-refractivity contribution in [3.63, 3.8) is 0 Å². The Kier molecular flexibility index (Phi) is 12.8. The van der Waals surface area contributed by atoms with E-state index in [0.717, 1.165) is 6.42 Å². The van der Waals surface area contributed by atoms with Crippen LogP contribution in [0.4, 0.5) is 0 Å². The summed E-state index contributed by atoms with van der Waals surface area (Å²) in [7, 11) is -1.75. The molecule has 1 atom stereocenters. The van der Waals surface area contributed by atoms with Crippen molar-refractivity contribution in [1.82, 2.24) is 0 Å². The molecule has 2 rings (SSSR count). The molecule has 163 valence electrons. The fourth-order valence-electron chi connectivity index (χ4n) is 4.28. The second kappa shape index (κ2) is 11.6. The first kappa shape index (κ1) is 32.0. The molecule has 2 aliphatic carbocycles. The number of hydrogen-bond acceptors (Lipinski definition) is 1. The minimum absolute atomic E-state index is 0. The van der Waals surface area contributed by atoms with Crippen LogP contribution in [0.25, 0.3) is 0 Å². The second-order valence-electron chi connectivity index (χ2n) is 10.4. The van der Waals surface area contributed by atoms with Crippen molar-refractivity contribution >= 4 is 19.8 Å². The fraction of sp³-hybridized carbons (Fsp3) is 0.667. The number of hydrogen-bond donors (Lipinski definition) is 0. The predicted molar refractivity (Wildman–Crippen MR) is 123 cm³/mol. The van der Waals surface area contributed by atoms with Crippen LogP contribution >= 0.6 is 11.8 Å². The molecule has 0 nitrogen and oxygen atoms in total. The van der Waals surface area contributed by atoms with E-state index in [2.05, 4.69) is 104 Å². The van der Waals surface area contributed by atoms with E-state index in [1.807, 2.05) is 0 Å². The number of thioether (sulfide) groups is 1. The Morgan fingerprint density at radius 2 is 1.66 bits per heavy atom. The van der Waals surface area contributed by atoms with Gasteiger partial charge in [-0.1, -0.05) is 79.3 Å². The predicted octanol–water partition coefficient (Wildman–Crippen LogP) is 1.70. The van der Waals surface area contributed by atoms with Gasteiger partial charge in [-0.25, -0.2) is 11.3 Å². The summed E-state index contributed by atoms with van der Waals surface area (Å²) in [4.78, 5) is 0. The van der Waals surface area contributed by atoms with Crippen molar-refractivity contribution in [3.05, 3.63) is 46.7 Å². The average molecular weight is 507 g/mol. The van der Waals surface area contributed by atoms with Gasteiger partial charge in [0, 0.05) is 4.37 Å². The molecule has 0 heterocycles.